The maximum absolute atomic E-state index is 5.77. The van der Waals surface area contributed by atoms with E-state index in [0.29, 0.717) is 11.9 Å². The summed E-state index contributed by atoms with van der Waals surface area (Å²) >= 11 is 0. The third-order valence-corrected chi connectivity index (χ3v) is 2.77. The Morgan fingerprint density at radius 3 is 2.80 bits per heavy atom. The number of hydrogen-bond acceptors (Lipinski definition) is 3. The van der Waals surface area contributed by atoms with Crippen molar-refractivity contribution in [2.24, 2.45) is 0 Å². The molecule has 0 amide bonds. The molecule has 0 spiro atoms. The fraction of sp³-hybridized carbons (Fsp3) is 0.727. The lowest BCUT2D eigenvalue weighted by Crippen LogP contribution is -2.22. The van der Waals surface area contributed by atoms with Crippen molar-refractivity contribution in [3.8, 4) is 0 Å². The van der Waals surface area contributed by atoms with Gasteiger partial charge in [0.1, 0.15) is 5.82 Å². The fourth-order valence-electron chi connectivity index (χ4n) is 1.97. The second kappa shape index (κ2) is 3.52. The maximum atomic E-state index is 5.77. The molecule has 1 aliphatic rings. The number of rotatable bonds is 1. The minimum Gasteiger partial charge on any atom is -0.382 e. The van der Waals surface area contributed by atoms with Crippen LogP contribution in [0.3, 0.4) is 0 Å². The Bertz CT molecular complexity index is 345. The minimum absolute atomic E-state index is 0.0766. The summed E-state index contributed by atoms with van der Waals surface area (Å²) in [6.07, 6.45) is 1.03. The van der Waals surface area contributed by atoms with Crippen LogP contribution >= 0.6 is 0 Å². The molecule has 2 heterocycles. The number of ether oxygens (including phenoxy) is 1. The highest BCUT2D eigenvalue weighted by atomic mass is 16.5. The van der Waals surface area contributed by atoms with Crippen molar-refractivity contribution in [1.29, 1.82) is 0 Å². The van der Waals surface area contributed by atoms with E-state index in [2.05, 4.69) is 25.9 Å². The molecule has 0 bridgehead atoms. The van der Waals surface area contributed by atoms with Gasteiger partial charge in [-0.1, -0.05) is 20.8 Å². The third kappa shape index (κ3) is 2.00. The van der Waals surface area contributed by atoms with Crippen LogP contribution in [0.25, 0.3) is 0 Å². The molecule has 84 valence electrons. The molecule has 1 atom stereocenters. The van der Waals surface area contributed by atoms with Crippen molar-refractivity contribution in [3.05, 3.63) is 11.8 Å². The van der Waals surface area contributed by atoms with E-state index >= 15 is 0 Å². The molecule has 0 radical (unpaired) electrons. The van der Waals surface area contributed by atoms with Gasteiger partial charge in [-0.15, -0.1) is 0 Å². The topological polar surface area (TPSA) is 53.1 Å². The summed E-state index contributed by atoms with van der Waals surface area (Å²) in [6.45, 7) is 8.11. The van der Waals surface area contributed by atoms with Crippen LogP contribution < -0.4 is 5.73 Å². The number of nitrogens with zero attached hydrogens (tertiary/aromatic N) is 2. The molecule has 0 aliphatic carbocycles. The normalized spacial score (nSPS) is 22.2. The summed E-state index contributed by atoms with van der Waals surface area (Å²) in [5, 5.41) is 4.37. The molecule has 2 rings (SSSR count). The zero-order valence-electron chi connectivity index (χ0n) is 9.66. The van der Waals surface area contributed by atoms with E-state index in [1.165, 1.54) is 5.69 Å². The predicted octanol–water partition coefficient (Wildman–Crippen LogP) is 1.72. The predicted molar refractivity (Wildman–Crippen MR) is 59.8 cm³/mol. The third-order valence-electron chi connectivity index (χ3n) is 2.77. The number of anilines is 1. The lowest BCUT2D eigenvalue weighted by Gasteiger charge is -2.22. The second-order valence-electron chi connectivity index (χ2n) is 5.17. The number of nitrogens with two attached hydrogens (primary N) is 1. The average Bonchev–Trinajstić information content (AvgIpc) is 2.68. The molecular weight excluding hydrogens is 190 g/mol. The van der Waals surface area contributed by atoms with Crippen LogP contribution in [0.2, 0.25) is 0 Å². The molecule has 2 N–H and O–H groups in total. The average molecular weight is 209 g/mol. The molecule has 4 heteroatoms. The Kier molecular flexibility index (Phi) is 2.46. The molecule has 0 aromatic carbocycles. The highest BCUT2D eigenvalue weighted by Crippen LogP contribution is 2.29. The quantitative estimate of drug-likeness (QED) is 0.766. The van der Waals surface area contributed by atoms with Crippen LogP contribution in [0.5, 0.6) is 0 Å². The van der Waals surface area contributed by atoms with Gasteiger partial charge in [0.2, 0.25) is 0 Å². The molecule has 0 saturated carbocycles. The molecule has 1 aliphatic heterocycles. The summed E-state index contributed by atoms with van der Waals surface area (Å²) in [5.74, 6) is 0.604. The highest BCUT2D eigenvalue weighted by Gasteiger charge is 2.26. The van der Waals surface area contributed by atoms with Gasteiger partial charge in [-0.25, -0.2) is 0 Å². The molecule has 1 aromatic rings. The van der Waals surface area contributed by atoms with Gasteiger partial charge in [0.25, 0.3) is 0 Å². The van der Waals surface area contributed by atoms with E-state index in [0.717, 1.165) is 19.6 Å². The van der Waals surface area contributed by atoms with Crippen LogP contribution in [-0.2, 0) is 10.2 Å². The lowest BCUT2D eigenvalue weighted by atomic mass is 9.91. The van der Waals surface area contributed by atoms with Gasteiger partial charge in [0, 0.05) is 23.8 Å². The summed E-state index contributed by atoms with van der Waals surface area (Å²) < 4.78 is 7.43. The molecule has 15 heavy (non-hydrogen) atoms. The first-order chi connectivity index (χ1) is 6.98. The van der Waals surface area contributed by atoms with Gasteiger partial charge in [-0.2, -0.15) is 5.10 Å². The number of hydrogen-bond donors (Lipinski definition) is 1. The molecule has 1 fully saturated rings. The van der Waals surface area contributed by atoms with Crippen molar-refractivity contribution in [3.63, 3.8) is 0 Å². The number of aromatic nitrogens is 2. The van der Waals surface area contributed by atoms with Crippen LogP contribution in [0.15, 0.2) is 6.07 Å². The molecular formula is C11H19N3O. The molecule has 1 aromatic heterocycles. The maximum Gasteiger partial charge on any atom is 0.145 e. The van der Waals surface area contributed by atoms with E-state index in [9.17, 15) is 0 Å². The van der Waals surface area contributed by atoms with Gasteiger partial charge in [0.05, 0.1) is 12.6 Å². The van der Waals surface area contributed by atoms with Gasteiger partial charge in [-0.3, -0.25) is 4.68 Å². The van der Waals surface area contributed by atoms with E-state index in [1.807, 2.05) is 10.7 Å². The van der Waals surface area contributed by atoms with Gasteiger partial charge in [-0.05, 0) is 6.42 Å². The Morgan fingerprint density at radius 2 is 2.27 bits per heavy atom. The van der Waals surface area contributed by atoms with E-state index < -0.39 is 0 Å². The second-order valence-corrected chi connectivity index (χ2v) is 5.17. The van der Waals surface area contributed by atoms with Gasteiger partial charge in [0.15, 0.2) is 0 Å². The van der Waals surface area contributed by atoms with E-state index in [-0.39, 0.29) is 5.41 Å². The summed E-state index contributed by atoms with van der Waals surface area (Å²) in [7, 11) is 0. The SMILES string of the molecule is CC(C)(C)c1cc(N)nn1[C@H]1CCOC1. The minimum atomic E-state index is 0.0766. The molecule has 4 nitrogen and oxygen atoms in total. The summed E-state index contributed by atoms with van der Waals surface area (Å²) in [4.78, 5) is 0. The first-order valence-corrected chi connectivity index (χ1v) is 5.42. The monoisotopic (exact) mass is 209 g/mol. The van der Waals surface area contributed by atoms with Crippen molar-refractivity contribution in [2.45, 2.75) is 38.6 Å². The van der Waals surface area contributed by atoms with E-state index in [1.54, 1.807) is 0 Å². The Labute approximate surface area is 90.4 Å². The Balaban J connectivity index is 2.37. The van der Waals surface area contributed by atoms with Crippen LogP contribution in [0, 0.1) is 0 Å². The highest BCUT2D eigenvalue weighted by molar-refractivity contribution is 5.33. The fourth-order valence-corrected chi connectivity index (χ4v) is 1.97. The lowest BCUT2D eigenvalue weighted by molar-refractivity contribution is 0.183. The standard InChI is InChI=1S/C11H19N3O/c1-11(2,3)9-6-10(12)13-14(9)8-4-5-15-7-8/h6,8H,4-5,7H2,1-3H3,(H2,12,13)/t8-/m0/s1. The first kappa shape index (κ1) is 10.5. The summed E-state index contributed by atoms with van der Waals surface area (Å²) in [6, 6.07) is 2.33. The van der Waals surface area contributed by atoms with Crippen LogP contribution in [-0.4, -0.2) is 23.0 Å². The zero-order valence-corrected chi connectivity index (χ0v) is 9.66. The first-order valence-electron chi connectivity index (χ1n) is 5.42. The van der Waals surface area contributed by atoms with Crippen molar-refractivity contribution in [1.82, 2.24) is 9.78 Å². The summed E-state index contributed by atoms with van der Waals surface area (Å²) in [5.41, 5.74) is 7.04. The molecule has 0 unspecified atom stereocenters. The van der Waals surface area contributed by atoms with Crippen molar-refractivity contribution in [2.75, 3.05) is 18.9 Å². The largest absolute Gasteiger partial charge is 0.382 e. The molecule has 1 saturated heterocycles. The van der Waals surface area contributed by atoms with Gasteiger partial charge >= 0.3 is 0 Å². The van der Waals surface area contributed by atoms with Crippen LogP contribution in [0.1, 0.15) is 38.9 Å². The zero-order chi connectivity index (χ0) is 11.1. The van der Waals surface area contributed by atoms with Crippen molar-refractivity contribution >= 4 is 5.82 Å². The Hall–Kier alpha value is -1.03. The number of nitrogen functional groups attached to an aromatic ring is 1. The van der Waals surface area contributed by atoms with E-state index in [4.69, 9.17) is 10.5 Å². The van der Waals surface area contributed by atoms with Gasteiger partial charge < -0.3 is 10.5 Å². The van der Waals surface area contributed by atoms with Crippen LogP contribution in [0.4, 0.5) is 5.82 Å². The van der Waals surface area contributed by atoms with Crippen molar-refractivity contribution < 1.29 is 4.74 Å². The smallest absolute Gasteiger partial charge is 0.145 e. The Morgan fingerprint density at radius 1 is 1.53 bits per heavy atom.